The molecule has 0 aromatic carbocycles. The molecule has 0 bridgehead atoms. The maximum Gasteiger partial charge on any atom is 0.0905 e. The fourth-order valence-electron chi connectivity index (χ4n) is 2.04. The minimum absolute atomic E-state index is 0.0750. The summed E-state index contributed by atoms with van der Waals surface area (Å²) in [6.45, 7) is 0.830. The highest BCUT2D eigenvalue weighted by Gasteiger charge is 2.26. The van der Waals surface area contributed by atoms with E-state index in [2.05, 4.69) is 0 Å². The van der Waals surface area contributed by atoms with Crippen molar-refractivity contribution in [1.82, 2.24) is 0 Å². The average Bonchev–Trinajstić information content (AvgIpc) is 2.19. The second-order valence-corrected chi connectivity index (χ2v) is 6.31. The summed E-state index contributed by atoms with van der Waals surface area (Å²) in [5, 5.41) is 18.1. The number of hydrogen-bond acceptors (Lipinski definition) is 3. The molecule has 1 aliphatic rings. The monoisotopic (exact) mass is 230 g/mol. The molecule has 1 saturated heterocycles. The zero-order valence-electron chi connectivity index (χ0n) is 9.54. The molecule has 1 atom stereocenters. The van der Waals surface area contributed by atoms with E-state index in [1.165, 1.54) is 25.3 Å². The van der Waals surface area contributed by atoms with E-state index >= 15 is 0 Å². The Balaban J connectivity index is 2.21. The lowest BCUT2D eigenvalue weighted by Gasteiger charge is -2.34. The van der Waals surface area contributed by atoms with Gasteiger partial charge in [0.05, 0.1) is 12.4 Å². The first-order valence-corrected chi connectivity index (χ1v) is 6.79. The molecule has 0 aliphatic carbocycles. The summed E-state index contributed by atoms with van der Waals surface area (Å²) in [6, 6.07) is 0. The van der Waals surface area contributed by atoms with Gasteiger partial charge in [-0.2, -0.15) is 0 Å². The highest BCUT2D eigenvalue weighted by atomic mass is 28.1. The highest BCUT2D eigenvalue weighted by Crippen LogP contribution is 2.27. The Kier molecular flexibility index (Phi) is 5.35. The molecule has 15 heavy (non-hydrogen) atoms. The zero-order chi connectivity index (χ0) is 11.1. The van der Waals surface area contributed by atoms with Crippen LogP contribution in [-0.2, 0) is 4.74 Å². The van der Waals surface area contributed by atoms with Crippen LogP contribution in [0.3, 0.4) is 0 Å². The number of allylic oxidation sites excluding steroid dienone is 1. The van der Waals surface area contributed by atoms with Crippen molar-refractivity contribution in [3.63, 3.8) is 0 Å². The SMILES string of the molecule is OCC=C(O)CCCC1([SiH3])CCCCO1. The summed E-state index contributed by atoms with van der Waals surface area (Å²) in [5.74, 6) is 0.304. The van der Waals surface area contributed by atoms with Gasteiger partial charge in [-0.05, 0) is 38.2 Å². The Morgan fingerprint density at radius 2 is 2.27 bits per heavy atom. The standard InChI is InChI=1S/C11H22O3Si/c12-8-5-10(13)4-3-7-11(15)6-1-2-9-14-11/h5,12-13H,1-4,6-9H2,15H3. The van der Waals surface area contributed by atoms with Crippen LogP contribution in [0.5, 0.6) is 0 Å². The first-order chi connectivity index (χ1) is 7.16. The number of hydrogen-bond donors (Lipinski definition) is 2. The summed E-state index contributed by atoms with van der Waals surface area (Å²) < 4.78 is 5.82. The third-order valence-corrected chi connectivity index (χ3v) is 4.30. The van der Waals surface area contributed by atoms with Crippen LogP contribution in [0.1, 0.15) is 38.5 Å². The summed E-state index contributed by atoms with van der Waals surface area (Å²) in [7, 11) is 1.07. The molecule has 0 saturated carbocycles. The maximum absolute atomic E-state index is 9.33. The van der Waals surface area contributed by atoms with Crippen molar-refractivity contribution in [3.8, 4) is 0 Å². The van der Waals surface area contributed by atoms with Crippen LogP contribution in [-0.4, -0.2) is 38.9 Å². The fourth-order valence-corrected chi connectivity index (χ4v) is 2.95. The van der Waals surface area contributed by atoms with Crippen LogP contribution in [0.25, 0.3) is 0 Å². The van der Waals surface area contributed by atoms with Crippen molar-refractivity contribution < 1.29 is 14.9 Å². The number of ether oxygens (including phenoxy) is 1. The third-order valence-electron chi connectivity index (χ3n) is 3.02. The topological polar surface area (TPSA) is 49.7 Å². The largest absolute Gasteiger partial charge is 0.513 e. The van der Waals surface area contributed by atoms with Crippen molar-refractivity contribution in [2.75, 3.05) is 13.2 Å². The second-order valence-electron chi connectivity index (χ2n) is 4.49. The molecule has 4 heteroatoms. The molecule has 0 aromatic rings. The molecule has 88 valence electrons. The van der Waals surface area contributed by atoms with Crippen molar-refractivity contribution in [1.29, 1.82) is 0 Å². The van der Waals surface area contributed by atoms with Gasteiger partial charge in [0, 0.05) is 28.5 Å². The minimum Gasteiger partial charge on any atom is -0.513 e. The van der Waals surface area contributed by atoms with Gasteiger partial charge in [0.15, 0.2) is 0 Å². The number of aliphatic hydroxyl groups excluding tert-OH is 2. The smallest absolute Gasteiger partial charge is 0.0905 e. The molecular weight excluding hydrogens is 208 g/mol. The van der Waals surface area contributed by atoms with Crippen LogP contribution in [0.15, 0.2) is 11.8 Å². The first-order valence-electron chi connectivity index (χ1n) is 5.79. The van der Waals surface area contributed by atoms with Crippen molar-refractivity contribution in [2.24, 2.45) is 0 Å². The van der Waals surface area contributed by atoms with E-state index in [-0.39, 0.29) is 11.8 Å². The van der Waals surface area contributed by atoms with Gasteiger partial charge in [0.1, 0.15) is 0 Å². The van der Waals surface area contributed by atoms with Crippen LogP contribution in [0.2, 0.25) is 0 Å². The normalized spacial score (nSPS) is 28.2. The maximum atomic E-state index is 9.33. The molecule has 1 unspecified atom stereocenters. The lowest BCUT2D eigenvalue weighted by Crippen LogP contribution is -2.36. The fraction of sp³-hybridized carbons (Fsp3) is 0.818. The van der Waals surface area contributed by atoms with Crippen LogP contribution in [0.4, 0.5) is 0 Å². The van der Waals surface area contributed by atoms with Gasteiger partial charge in [-0.3, -0.25) is 0 Å². The molecule has 1 rings (SSSR count). The summed E-state index contributed by atoms with van der Waals surface area (Å²) >= 11 is 0. The number of aliphatic hydroxyl groups is 2. The van der Waals surface area contributed by atoms with Gasteiger partial charge in [0.2, 0.25) is 0 Å². The van der Waals surface area contributed by atoms with Crippen molar-refractivity contribution in [2.45, 2.75) is 43.7 Å². The molecule has 1 aliphatic heterocycles. The second kappa shape index (κ2) is 6.30. The Labute approximate surface area is 94.6 Å². The Bertz CT molecular complexity index is 210. The van der Waals surface area contributed by atoms with Crippen LogP contribution in [0, 0.1) is 0 Å². The molecule has 0 amide bonds. The van der Waals surface area contributed by atoms with Gasteiger partial charge in [-0.1, -0.05) is 0 Å². The summed E-state index contributed by atoms with van der Waals surface area (Å²) in [4.78, 5) is 0. The van der Waals surface area contributed by atoms with E-state index in [1.807, 2.05) is 0 Å². The molecular formula is C11H22O3Si. The van der Waals surface area contributed by atoms with E-state index in [0.717, 1.165) is 29.7 Å². The average molecular weight is 230 g/mol. The number of rotatable bonds is 5. The Hall–Kier alpha value is -0.323. The molecule has 2 N–H and O–H groups in total. The lowest BCUT2D eigenvalue weighted by atomic mass is 10.0. The van der Waals surface area contributed by atoms with E-state index < -0.39 is 0 Å². The van der Waals surface area contributed by atoms with E-state index in [9.17, 15) is 5.11 Å². The van der Waals surface area contributed by atoms with Gasteiger partial charge in [-0.15, -0.1) is 0 Å². The van der Waals surface area contributed by atoms with E-state index in [1.54, 1.807) is 0 Å². The van der Waals surface area contributed by atoms with Gasteiger partial charge >= 0.3 is 0 Å². The van der Waals surface area contributed by atoms with Crippen molar-refractivity contribution in [3.05, 3.63) is 11.8 Å². The van der Waals surface area contributed by atoms with Gasteiger partial charge < -0.3 is 14.9 Å². The molecule has 0 spiro atoms. The van der Waals surface area contributed by atoms with E-state index in [0.29, 0.717) is 12.2 Å². The predicted octanol–water partition coefficient (Wildman–Crippen LogP) is 0.853. The van der Waals surface area contributed by atoms with Crippen molar-refractivity contribution >= 4 is 10.2 Å². The lowest BCUT2D eigenvalue weighted by molar-refractivity contribution is -0.0238. The third kappa shape index (κ3) is 4.82. The molecule has 3 nitrogen and oxygen atoms in total. The van der Waals surface area contributed by atoms with Crippen LogP contribution < -0.4 is 0 Å². The van der Waals surface area contributed by atoms with Gasteiger partial charge in [0.25, 0.3) is 0 Å². The Morgan fingerprint density at radius 1 is 1.47 bits per heavy atom. The predicted molar refractivity (Wildman–Crippen MR) is 64.1 cm³/mol. The highest BCUT2D eigenvalue weighted by molar-refractivity contribution is 6.14. The summed E-state index contributed by atoms with van der Waals surface area (Å²) in [5.41, 5.74) is 0. The minimum atomic E-state index is -0.0750. The zero-order valence-corrected chi connectivity index (χ0v) is 11.5. The van der Waals surface area contributed by atoms with E-state index in [4.69, 9.17) is 9.84 Å². The first kappa shape index (κ1) is 12.7. The Morgan fingerprint density at radius 3 is 2.87 bits per heavy atom. The van der Waals surface area contributed by atoms with Crippen LogP contribution >= 0.6 is 0 Å². The molecule has 1 heterocycles. The summed E-state index contributed by atoms with van der Waals surface area (Å²) in [6.07, 6.45) is 7.77. The molecule has 1 fully saturated rings. The molecule has 0 aromatic heterocycles. The molecule has 0 radical (unpaired) electrons. The van der Waals surface area contributed by atoms with Gasteiger partial charge in [-0.25, -0.2) is 0 Å². The quantitative estimate of drug-likeness (QED) is 0.544.